The van der Waals surface area contributed by atoms with Gasteiger partial charge in [0.05, 0.1) is 25.5 Å². The number of rotatable bonds is 16. The summed E-state index contributed by atoms with van der Waals surface area (Å²) in [6, 6.07) is 5.12. The summed E-state index contributed by atoms with van der Waals surface area (Å²) < 4.78 is 25.5. The van der Waals surface area contributed by atoms with Crippen molar-refractivity contribution in [3.05, 3.63) is 41.5 Å². The number of aromatic nitrogens is 3. The second kappa shape index (κ2) is 15.4. The molecule has 10 heteroatoms. The van der Waals surface area contributed by atoms with E-state index >= 15 is 0 Å². The topological polar surface area (TPSA) is 113 Å². The van der Waals surface area contributed by atoms with Crippen LogP contribution in [0.25, 0.3) is 22.2 Å². The fourth-order valence-electron chi connectivity index (χ4n) is 4.47. The van der Waals surface area contributed by atoms with E-state index in [4.69, 9.17) is 20.9 Å². The van der Waals surface area contributed by atoms with Gasteiger partial charge in [-0.15, -0.1) is 6.42 Å². The number of benzene rings is 1. The molecule has 9 nitrogen and oxygen atoms in total. The molecular weight excluding hydrogens is 511 g/mol. The number of terminal acetylenes is 1. The number of hydrogen-bond acceptors (Lipinski definition) is 9. The van der Waals surface area contributed by atoms with Crippen molar-refractivity contribution in [2.75, 3.05) is 50.2 Å². The molecule has 0 saturated heterocycles. The van der Waals surface area contributed by atoms with Crippen LogP contribution >= 0.6 is 0 Å². The molecule has 1 aromatic carbocycles. The predicted octanol–water partition coefficient (Wildman–Crippen LogP) is 4.49. The lowest BCUT2D eigenvalue weighted by Crippen LogP contribution is -2.39. The SMILES string of the molecule is C#CCOCCOCCNc1ncc2cc(-c3cc(NC(O)NCC(C)CC(C)C)c(F)cc3C)c(C)nc2n1. The van der Waals surface area contributed by atoms with Crippen molar-refractivity contribution in [2.24, 2.45) is 11.8 Å². The van der Waals surface area contributed by atoms with Gasteiger partial charge in [-0.2, -0.15) is 4.98 Å². The Balaban J connectivity index is 1.68. The molecule has 0 aliphatic carbocycles. The molecule has 0 bridgehead atoms. The zero-order valence-corrected chi connectivity index (χ0v) is 24.1. The van der Waals surface area contributed by atoms with E-state index in [9.17, 15) is 9.50 Å². The normalized spacial score (nSPS) is 12.9. The summed E-state index contributed by atoms with van der Waals surface area (Å²) >= 11 is 0. The number of aliphatic hydroxyl groups excluding tert-OH is 1. The van der Waals surface area contributed by atoms with Crippen molar-refractivity contribution in [3.8, 4) is 23.5 Å². The van der Waals surface area contributed by atoms with Gasteiger partial charge in [0.15, 0.2) is 12.0 Å². The van der Waals surface area contributed by atoms with Gasteiger partial charge in [-0.05, 0) is 61.4 Å². The summed E-state index contributed by atoms with van der Waals surface area (Å²) in [6.45, 7) is 13.0. The minimum atomic E-state index is -1.08. The Morgan fingerprint density at radius 1 is 1.05 bits per heavy atom. The highest BCUT2D eigenvalue weighted by Crippen LogP contribution is 2.32. The van der Waals surface area contributed by atoms with Crippen LogP contribution in [0.15, 0.2) is 24.4 Å². The van der Waals surface area contributed by atoms with Crippen LogP contribution in [0, 0.1) is 43.8 Å². The lowest BCUT2D eigenvalue weighted by atomic mass is 9.97. The largest absolute Gasteiger partial charge is 0.377 e. The van der Waals surface area contributed by atoms with Gasteiger partial charge in [-0.1, -0.05) is 26.7 Å². The Morgan fingerprint density at radius 2 is 1.82 bits per heavy atom. The van der Waals surface area contributed by atoms with E-state index in [1.165, 1.54) is 6.07 Å². The first-order chi connectivity index (χ1) is 19.2. The van der Waals surface area contributed by atoms with Gasteiger partial charge >= 0.3 is 0 Å². The molecule has 0 amide bonds. The molecule has 0 radical (unpaired) electrons. The van der Waals surface area contributed by atoms with Crippen molar-refractivity contribution in [1.82, 2.24) is 20.3 Å². The Labute approximate surface area is 236 Å². The standard InChI is InChI=1S/C30H41FN6O3/c1-7-9-39-11-12-40-10-8-32-29-33-18-23-15-25(22(6)35-28(23)37-29)24-16-27(26(31)14-21(24)5)36-30(38)34-17-20(4)13-19(2)3/h1,14-16,18-20,30,34,36,38H,8-13,17H2,2-6H3,(H,32,33,35,37). The summed E-state index contributed by atoms with van der Waals surface area (Å²) in [4.78, 5) is 13.6. The van der Waals surface area contributed by atoms with E-state index in [0.29, 0.717) is 56.3 Å². The Hall–Kier alpha value is -3.36. The number of nitrogens with one attached hydrogen (secondary N) is 3. The fraction of sp³-hybridized carbons (Fsp3) is 0.500. The molecule has 0 saturated carbocycles. The second-order valence-corrected chi connectivity index (χ2v) is 10.4. The Kier molecular flexibility index (Phi) is 12.0. The first kappa shape index (κ1) is 31.2. The Bertz CT molecular complexity index is 1300. The van der Waals surface area contributed by atoms with Gasteiger partial charge in [0.1, 0.15) is 12.4 Å². The number of nitrogens with zero attached hydrogens (tertiary/aromatic N) is 3. The van der Waals surface area contributed by atoms with Crippen LogP contribution < -0.4 is 16.0 Å². The highest BCUT2D eigenvalue weighted by molar-refractivity contribution is 5.84. The predicted molar refractivity (Wildman–Crippen MR) is 157 cm³/mol. The van der Waals surface area contributed by atoms with Crippen LogP contribution in [0.5, 0.6) is 0 Å². The molecule has 2 unspecified atom stereocenters. The van der Waals surface area contributed by atoms with Crippen LogP contribution in [0.2, 0.25) is 0 Å². The third-order valence-electron chi connectivity index (χ3n) is 6.28. The number of aryl methyl sites for hydroxylation is 2. The van der Waals surface area contributed by atoms with E-state index in [2.05, 4.69) is 52.6 Å². The third-order valence-corrected chi connectivity index (χ3v) is 6.28. The molecule has 0 spiro atoms. The maximum absolute atomic E-state index is 14.8. The van der Waals surface area contributed by atoms with Gasteiger partial charge in [0, 0.05) is 35.9 Å². The zero-order chi connectivity index (χ0) is 29.1. The van der Waals surface area contributed by atoms with Gasteiger partial charge < -0.3 is 25.2 Å². The highest BCUT2D eigenvalue weighted by atomic mass is 19.1. The number of halogens is 1. The minimum Gasteiger partial charge on any atom is -0.377 e. The molecular formula is C30H41FN6O3. The van der Waals surface area contributed by atoms with Crippen molar-refractivity contribution in [2.45, 2.75) is 47.4 Å². The van der Waals surface area contributed by atoms with Gasteiger partial charge in [-0.25, -0.2) is 14.4 Å². The number of hydrogen-bond donors (Lipinski definition) is 4. The maximum atomic E-state index is 14.8. The molecule has 2 aromatic heterocycles. The first-order valence-electron chi connectivity index (χ1n) is 13.6. The molecule has 2 atom stereocenters. The van der Waals surface area contributed by atoms with Crippen LogP contribution in [-0.4, -0.2) is 65.9 Å². The van der Waals surface area contributed by atoms with E-state index in [-0.39, 0.29) is 12.3 Å². The molecule has 0 aliphatic heterocycles. The lowest BCUT2D eigenvalue weighted by molar-refractivity contribution is 0.0647. The number of pyridine rings is 1. The Morgan fingerprint density at radius 3 is 2.58 bits per heavy atom. The number of anilines is 2. The van der Waals surface area contributed by atoms with Crippen LogP contribution in [0.4, 0.5) is 16.0 Å². The van der Waals surface area contributed by atoms with Crippen LogP contribution in [-0.2, 0) is 9.47 Å². The highest BCUT2D eigenvalue weighted by Gasteiger charge is 2.16. The van der Waals surface area contributed by atoms with E-state index in [1.807, 2.05) is 19.9 Å². The molecule has 3 aromatic rings. The van der Waals surface area contributed by atoms with E-state index in [0.717, 1.165) is 34.2 Å². The average Bonchev–Trinajstić information content (AvgIpc) is 2.90. The number of aliphatic hydroxyl groups is 1. The molecule has 0 fully saturated rings. The summed E-state index contributed by atoms with van der Waals surface area (Å²) in [5.41, 5.74) is 3.90. The van der Waals surface area contributed by atoms with Crippen LogP contribution in [0.1, 0.15) is 38.4 Å². The number of ether oxygens (including phenoxy) is 2. The lowest BCUT2D eigenvalue weighted by Gasteiger charge is -2.21. The quantitative estimate of drug-likeness (QED) is 0.116. The minimum absolute atomic E-state index is 0.206. The van der Waals surface area contributed by atoms with Gasteiger partial charge in [0.25, 0.3) is 0 Å². The van der Waals surface area contributed by atoms with Gasteiger partial charge in [0.2, 0.25) is 5.95 Å². The van der Waals surface area contributed by atoms with Gasteiger partial charge in [-0.3, -0.25) is 5.32 Å². The van der Waals surface area contributed by atoms with Crippen LogP contribution in [0.3, 0.4) is 0 Å². The van der Waals surface area contributed by atoms with Crippen molar-refractivity contribution >= 4 is 22.7 Å². The summed E-state index contributed by atoms with van der Waals surface area (Å²) in [5.74, 6) is 3.38. The maximum Gasteiger partial charge on any atom is 0.224 e. The van der Waals surface area contributed by atoms with Crippen molar-refractivity contribution < 1.29 is 19.0 Å². The number of fused-ring (bicyclic) bond motifs is 1. The fourth-order valence-corrected chi connectivity index (χ4v) is 4.47. The van der Waals surface area contributed by atoms with E-state index < -0.39 is 12.2 Å². The zero-order valence-electron chi connectivity index (χ0n) is 24.1. The average molecular weight is 553 g/mol. The van der Waals surface area contributed by atoms with Crippen molar-refractivity contribution in [3.63, 3.8) is 0 Å². The molecule has 3 rings (SSSR count). The molecule has 40 heavy (non-hydrogen) atoms. The summed E-state index contributed by atoms with van der Waals surface area (Å²) in [7, 11) is 0. The smallest absolute Gasteiger partial charge is 0.224 e. The summed E-state index contributed by atoms with van der Waals surface area (Å²) in [5, 5.41) is 20.2. The molecule has 4 N–H and O–H groups in total. The first-order valence-corrected chi connectivity index (χ1v) is 13.6. The summed E-state index contributed by atoms with van der Waals surface area (Å²) in [6.07, 6.45) is 6.80. The molecule has 2 heterocycles. The molecule has 0 aliphatic rings. The third kappa shape index (κ3) is 9.38. The monoisotopic (exact) mass is 552 g/mol. The molecule has 216 valence electrons. The van der Waals surface area contributed by atoms with Crippen molar-refractivity contribution in [1.29, 1.82) is 0 Å². The second-order valence-electron chi connectivity index (χ2n) is 10.4. The van der Waals surface area contributed by atoms with E-state index in [1.54, 1.807) is 12.3 Å².